The van der Waals surface area contributed by atoms with Crippen LogP contribution in [-0.4, -0.2) is 24.5 Å². The molecule has 1 amide bonds. The molecule has 4 nitrogen and oxygen atoms in total. The van der Waals surface area contributed by atoms with Crippen molar-refractivity contribution in [1.29, 1.82) is 0 Å². The van der Waals surface area contributed by atoms with Gasteiger partial charge in [0, 0.05) is 11.9 Å². The van der Waals surface area contributed by atoms with Gasteiger partial charge in [0.25, 0.3) is 5.91 Å². The standard InChI is InChI=1S/C13H13N2O2/c1-3-14-12(16)10-8-9-6-4-5-7-11(9)15-13(10)17-2/h4-8H,1,3H2,2H3,(H,14,16). The van der Waals surface area contributed by atoms with Gasteiger partial charge in [0.2, 0.25) is 5.88 Å². The summed E-state index contributed by atoms with van der Waals surface area (Å²) in [5, 5.41) is 3.54. The van der Waals surface area contributed by atoms with Crippen molar-refractivity contribution in [2.75, 3.05) is 13.7 Å². The van der Waals surface area contributed by atoms with E-state index in [1.807, 2.05) is 24.3 Å². The van der Waals surface area contributed by atoms with Crippen LogP contribution in [0.15, 0.2) is 30.3 Å². The summed E-state index contributed by atoms with van der Waals surface area (Å²) < 4.78 is 5.13. The largest absolute Gasteiger partial charge is 0.480 e. The summed E-state index contributed by atoms with van der Waals surface area (Å²) in [5.74, 6) is 0.102. The normalized spacial score (nSPS) is 10.2. The number of fused-ring (bicyclic) bond motifs is 1. The molecule has 0 bridgehead atoms. The lowest BCUT2D eigenvalue weighted by Gasteiger charge is -2.08. The topological polar surface area (TPSA) is 51.2 Å². The maximum Gasteiger partial charge on any atom is 0.256 e. The predicted molar refractivity (Wildman–Crippen MR) is 66.0 cm³/mol. The fourth-order valence-electron chi connectivity index (χ4n) is 1.63. The summed E-state index contributed by atoms with van der Waals surface area (Å²) in [6, 6.07) is 9.35. The van der Waals surface area contributed by atoms with Crippen LogP contribution in [0.3, 0.4) is 0 Å². The molecule has 1 heterocycles. The average Bonchev–Trinajstić information content (AvgIpc) is 2.37. The molecular weight excluding hydrogens is 216 g/mol. The van der Waals surface area contributed by atoms with E-state index in [9.17, 15) is 4.79 Å². The number of para-hydroxylation sites is 1. The van der Waals surface area contributed by atoms with E-state index in [0.717, 1.165) is 10.9 Å². The minimum Gasteiger partial charge on any atom is -0.480 e. The van der Waals surface area contributed by atoms with Gasteiger partial charge in [-0.15, -0.1) is 0 Å². The van der Waals surface area contributed by atoms with E-state index in [-0.39, 0.29) is 5.91 Å². The Labute approximate surface area is 99.6 Å². The minimum atomic E-state index is -0.227. The Morgan fingerprint density at radius 1 is 1.47 bits per heavy atom. The van der Waals surface area contributed by atoms with Gasteiger partial charge in [-0.05, 0) is 19.1 Å². The van der Waals surface area contributed by atoms with Gasteiger partial charge in [-0.1, -0.05) is 18.2 Å². The maximum absolute atomic E-state index is 11.8. The molecule has 1 aromatic carbocycles. The zero-order valence-corrected chi connectivity index (χ0v) is 9.56. The maximum atomic E-state index is 11.8. The smallest absolute Gasteiger partial charge is 0.256 e. The molecule has 2 rings (SSSR count). The molecule has 0 saturated heterocycles. The second-order valence-corrected chi connectivity index (χ2v) is 3.49. The fraction of sp³-hybridized carbons (Fsp3) is 0.154. The van der Waals surface area contributed by atoms with Gasteiger partial charge in [-0.2, -0.15) is 0 Å². The molecule has 1 radical (unpaired) electrons. The highest BCUT2D eigenvalue weighted by Crippen LogP contribution is 2.21. The van der Waals surface area contributed by atoms with Crippen molar-refractivity contribution in [3.05, 3.63) is 42.8 Å². The van der Waals surface area contributed by atoms with E-state index in [1.54, 1.807) is 6.07 Å². The van der Waals surface area contributed by atoms with Crippen LogP contribution >= 0.6 is 0 Å². The average molecular weight is 229 g/mol. The van der Waals surface area contributed by atoms with Gasteiger partial charge in [0.05, 0.1) is 12.6 Å². The first kappa shape index (κ1) is 11.4. The summed E-state index contributed by atoms with van der Waals surface area (Å²) in [4.78, 5) is 16.1. The monoisotopic (exact) mass is 229 g/mol. The zero-order chi connectivity index (χ0) is 12.3. The molecular formula is C13H13N2O2. The van der Waals surface area contributed by atoms with Crippen LogP contribution in [0.5, 0.6) is 5.88 Å². The third kappa shape index (κ3) is 2.20. The van der Waals surface area contributed by atoms with E-state index in [4.69, 9.17) is 4.74 Å². The van der Waals surface area contributed by atoms with E-state index < -0.39 is 0 Å². The van der Waals surface area contributed by atoms with E-state index in [1.165, 1.54) is 7.11 Å². The molecule has 1 N–H and O–H groups in total. The second-order valence-electron chi connectivity index (χ2n) is 3.49. The number of methoxy groups -OCH3 is 1. The van der Waals surface area contributed by atoms with Crippen molar-refractivity contribution in [2.45, 2.75) is 0 Å². The molecule has 0 aliphatic rings. The van der Waals surface area contributed by atoms with Gasteiger partial charge in [0.1, 0.15) is 5.56 Å². The quantitative estimate of drug-likeness (QED) is 0.873. The van der Waals surface area contributed by atoms with Crippen molar-refractivity contribution in [3.63, 3.8) is 0 Å². The minimum absolute atomic E-state index is 0.227. The molecule has 0 saturated carbocycles. The summed E-state index contributed by atoms with van der Waals surface area (Å²) in [6.45, 7) is 3.90. The number of carbonyl (C=O) groups is 1. The van der Waals surface area contributed by atoms with Crippen molar-refractivity contribution < 1.29 is 9.53 Å². The Morgan fingerprint density at radius 2 is 2.24 bits per heavy atom. The van der Waals surface area contributed by atoms with Crippen LogP contribution in [0.1, 0.15) is 10.4 Å². The number of aromatic nitrogens is 1. The molecule has 1 aromatic heterocycles. The number of carbonyl (C=O) groups excluding carboxylic acids is 1. The highest BCUT2D eigenvalue weighted by Gasteiger charge is 2.13. The number of benzene rings is 1. The Bertz CT molecular complexity index is 552. The number of nitrogens with one attached hydrogen (secondary N) is 1. The first-order chi connectivity index (χ1) is 8.26. The number of hydrogen-bond acceptors (Lipinski definition) is 3. The number of rotatable bonds is 3. The number of pyridine rings is 1. The SMILES string of the molecule is [CH2]CNC(=O)c1cc2ccccc2nc1OC. The van der Waals surface area contributed by atoms with Crippen molar-refractivity contribution in [2.24, 2.45) is 0 Å². The molecule has 0 spiro atoms. The van der Waals surface area contributed by atoms with Gasteiger partial charge >= 0.3 is 0 Å². The number of hydrogen-bond donors (Lipinski definition) is 1. The molecule has 0 fully saturated rings. The first-order valence-electron chi connectivity index (χ1n) is 5.27. The van der Waals surface area contributed by atoms with Crippen LogP contribution in [-0.2, 0) is 0 Å². The lowest BCUT2D eigenvalue weighted by molar-refractivity contribution is 0.0954. The summed E-state index contributed by atoms with van der Waals surface area (Å²) in [7, 11) is 1.50. The third-order valence-corrected chi connectivity index (χ3v) is 2.41. The lowest BCUT2D eigenvalue weighted by atomic mass is 10.1. The lowest BCUT2D eigenvalue weighted by Crippen LogP contribution is -2.23. The molecule has 2 aromatic rings. The van der Waals surface area contributed by atoms with Crippen LogP contribution < -0.4 is 10.1 Å². The molecule has 4 heteroatoms. The summed E-state index contributed by atoms with van der Waals surface area (Å²) in [6.07, 6.45) is 0. The van der Waals surface area contributed by atoms with E-state index in [0.29, 0.717) is 18.0 Å². The Balaban J connectivity index is 2.56. The molecule has 17 heavy (non-hydrogen) atoms. The molecule has 0 atom stereocenters. The van der Waals surface area contributed by atoms with Crippen LogP contribution in [0, 0.1) is 6.92 Å². The molecule has 0 unspecified atom stereocenters. The van der Waals surface area contributed by atoms with Crippen LogP contribution in [0.25, 0.3) is 10.9 Å². The van der Waals surface area contributed by atoms with Crippen molar-refractivity contribution >= 4 is 16.8 Å². The van der Waals surface area contributed by atoms with Gasteiger partial charge in [-0.3, -0.25) is 4.79 Å². The number of nitrogens with zero attached hydrogens (tertiary/aromatic N) is 1. The summed E-state index contributed by atoms with van der Waals surface area (Å²) in [5.41, 5.74) is 1.23. The Morgan fingerprint density at radius 3 is 2.94 bits per heavy atom. The molecule has 0 aliphatic carbocycles. The van der Waals surface area contributed by atoms with Gasteiger partial charge in [0.15, 0.2) is 0 Å². The van der Waals surface area contributed by atoms with Crippen molar-refractivity contribution in [3.8, 4) is 5.88 Å². The molecule has 87 valence electrons. The number of ether oxygens (including phenoxy) is 1. The van der Waals surface area contributed by atoms with Crippen molar-refractivity contribution in [1.82, 2.24) is 10.3 Å². The van der Waals surface area contributed by atoms with Gasteiger partial charge < -0.3 is 10.1 Å². The van der Waals surface area contributed by atoms with Crippen LogP contribution in [0.4, 0.5) is 0 Å². The highest BCUT2D eigenvalue weighted by molar-refractivity contribution is 5.99. The Kier molecular flexibility index (Phi) is 3.23. The molecule has 0 aliphatic heterocycles. The third-order valence-electron chi connectivity index (χ3n) is 2.41. The number of amides is 1. The van der Waals surface area contributed by atoms with E-state index >= 15 is 0 Å². The Hall–Kier alpha value is -2.10. The first-order valence-corrected chi connectivity index (χ1v) is 5.27. The fourth-order valence-corrected chi connectivity index (χ4v) is 1.63. The van der Waals surface area contributed by atoms with Crippen LogP contribution in [0.2, 0.25) is 0 Å². The predicted octanol–water partition coefficient (Wildman–Crippen LogP) is 1.81. The van der Waals surface area contributed by atoms with Gasteiger partial charge in [-0.25, -0.2) is 4.98 Å². The second kappa shape index (κ2) is 4.82. The van der Waals surface area contributed by atoms with E-state index in [2.05, 4.69) is 17.2 Å². The zero-order valence-electron chi connectivity index (χ0n) is 9.56. The summed E-state index contributed by atoms with van der Waals surface area (Å²) >= 11 is 0. The highest BCUT2D eigenvalue weighted by atomic mass is 16.5.